The molecule has 0 saturated heterocycles. The first-order valence-electron chi connectivity index (χ1n) is 6.52. The highest BCUT2D eigenvalue weighted by Crippen LogP contribution is 2.30. The van der Waals surface area contributed by atoms with E-state index in [1.54, 1.807) is 18.2 Å². The lowest BCUT2D eigenvalue weighted by atomic mass is 9.98. The zero-order chi connectivity index (χ0) is 14.8. The summed E-state index contributed by atoms with van der Waals surface area (Å²) in [6, 6.07) is 4.64. The van der Waals surface area contributed by atoms with Crippen LogP contribution < -0.4 is 10.6 Å². The third kappa shape index (κ3) is 3.04. The monoisotopic (exact) mass is 296 g/mol. The molecule has 20 heavy (non-hydrogen) atoms. The fourth-order valence-corrected chi connectivity index (χ4v) is 2.60. The minimum atomic E-state index is -1.14. The molecule has 6 heteroatoms. The van der Waals surface area contributed by atoms with Gasteiger partial charge in [-0.2, -0.15) is 0 Å². The molecule has 2 amide bonds. The van der Waals surface area contributed by atoms with Gasteiger partial charge < -0.3 is 15.7 Å². The average molecular weight is 297 g/mol. The smallest absolute Gasteiger partial charge is 0.329 e. The number of carbonyl (C=O) groups is 2. The van der Waals surface area contributed by atoms with Crippen LogP contribution in [-0.4, -0.2) is 22.6 Å². The summed E-state index contributed by atoms with van der Waals surface area (Å²) in [5.74, 6) is -0.980. The van der Waals surface area contributed by atoms with Crippen molar-refractivity contribution in [1.29, 1.82) is 0 Å². The molecule has 0 heterocycles. The predicted molar refractivity (Wildman–Crippen MR) is 77.2 cm³/mol. The first-order chi connectivity index (χ1) is 9.43. The van der Waals surface area contributed by atoms with E-state index in [9.17, 15) is 14.7 Å². The molecule has 0 bridgehead atoms. The zero-order valence-electron chi connectivity index (χ0n) is 11.2. The molecule has 108 valence electrons. The highest BCUT2D eigenvalue weighted by Gasteiger charge is 2.42. The Labute approximate surface area is 122 Å². The molecule has 1 aromatic carbocycles. The normalized spacial score (nSPS) is 16.7. The number of anilines is 1. The molecule has 1 aliphatic carbocycles. The van der Waals surface area contributed by atoms with E-state index in [0.717, 1.165) is 18.4 Å². The van der Waals surface area contributed by atoms with Crippen molar-refractivity contribution in [1.82, 2.24) is 5.32 Å². The van der Waals surface area contributed by atoms with Crippen LogP contribution in [0.25, 0.3) is 0 Å². The highest BCUT2D eigenvalue weighted by atomic mass is 35.5. The summed E-state index contributed by atoms with van der Waals surface area (Å²) in [7, 11) is 0. The number of benzene rings is 1. The molecule has 0 radical (unpaired) electrons. The molecule has 0 atom stereocenters. The molecular formula is C14H17ClN2O3. The van der Waals surface area contributed by atoms with E-state index >= 15 is 0 Å². The lowest BCUT2D eigenvalue weighted by molar-refractivity contribution is -0.144. The molecule has 1 saturated carbocycles. The van der Waals surface area contributed by atoms with Crippen LogP contribution in [-0.2, 0) is 4.79 Å². The number of carboxylic acid groups (broad SMARTS) is 1. The van der Waals surface area contributed by atoms with E-state index in [1.807, 2.05) is 6.92 Å². The zero-order valence-corrected chi connectivity index (χ0v) is 12.0. The predicted octanol–water partition coefficient (Wildman–Crippen LogP) is 3.17. The number of nitrogens with one attached hydrogen (secondary N) is 2. The van der Waals surface area contributed by atoms with Crippen molar-refractivity contribution in [2.24, 2.45) is 0 Å². The number of amides is 2. The maximum absolute atomic E-state index is 11.9. The first-order valence-corrected chi connectivity index (χ1v) is 6.89. The topological polar surface area (TPSA) is 78.4 Å². The molecule has 1 aliphatic rings. The fourth-order valence-electron chi connectivity index (χ4n) is 2.42. The van der Waals surface area contributed by atoms with Crippen LogP contribution in [0.5, 0.6) is 0 Å². The second-order valence-corrected chi connectivity index (χ2v) is 5.54. The van der Waals surface area contributed by atoms with Gasteiger partial charge in [0.1, 0.15) is 5.54 Å². The molecule has 0 aliphatic heterocycles. The summed E-state index contributed by atoms with van der Waals surface area (Å²) in [5.41, 5.74) is 0.311. The van der Waals surface area contributed by atoms with Gasteiger partial charge in [0, 0.05) is 10.7 Å². The van der Waals surface area contributed by atoms with E-state index in [1.165, 1.54) is 0 Å². The maximum atomic E-state index is 11.9. The number of hydrogen-bond acceptors (Lipinski definition) is 2. The number of carbonyl (C=O) groups excluding carboxylic acids is 1. The molecule has 1 fully saturated rings. The van der Waals surface area contributed by atoms with E-state index in [4.69, 9.17) is 11.6 Å². The third-order valence-electron chi connectivity index (χ3n) is 3.65. The van der Waals surface area contributed by atoms with Crippen LogP contribution in [0.3, 0.4) is 0 Å². The standard InChI is InChI=1S/C14H17ClN2O3/c1-9-4-5-10(8-11(9)15)16-13(20)17-14(12(18)19)6-2-3-7-14/h4-5,8H,2-3,6-7H2,1H3,(H,18,19)(H2,16,17,20). The molecule has 0 aromatic heterocycles. The molecule has 0 unspecified atom stereocenters. The number of carboxylic acids is 1. The first kappa shape index (κ1) is 14.7. The molecule has 1 aromatic rings. The van der Waals surface area contributed by atoms with E-state index in [2.05, 4.69) is 10.6 Å². The molecule has 5 nitrogen and oxygen atoms in total. The van der Waals surface area contributed by atoms with Gasteiger partial charge in [0.2, 0.25) is 0 Å². The number of urea groups is 1. The Morgan fingerprint density at radius 2 is 1.95 bits per heavy atom. The van der Waals surface area contributed by atoms with Gasteiger partial charge in [-0.25, -0.2) is 9.59 Å². The van der Waals surface area contributed by atoms with Crippen molar-refractivity contribution < 1.29 is 14.7 Å². The van der Waals surface area contributed by atoms with Crippen molar-refractivity contribution in [2.45, 2.75) is 38.1 Å². The van der Waals surface area contributed by atoms with Gasteiger partial charge in [-0.15, -0.1) is 0 Å². The lowest BCUT2D eigenvalue weighted by Crippen LogP contribution is -2.53. The van der Waals surface area contributed by atoms with Gasteiger partial charge >= 0.3 is 12.0 Å². The van der Waals surface area contributed by atoms with Crippen molar-refractivity contribution in [3.63, 3.8) is 0 Å². The second-order valence-electron chi connectivity index (χ2n) is 5.14. The van der Waals surface area contributed by atoms with Crippen LogP contribution in [0.4, 0.5) is 10.5 Å². The van der Waals surface area contributed by atoms with E-state index in [0.29, 0.717) is 23.6 Å². The Bertz CT molecular complexity index is 539. The van der Waals surface area contributed by atoms with Crippen molar-refractivity contribution >= 4 is 29.3 Å². The Morgan fingerprint density at radius 3 is 2.50 bits per heavy atom. The van der Waals surface area contributed by atoms with Crippen molar-refractivity contribution in [3.05, 3.63) is 28.8 Å². The fraction of sp³-hybridized carbons (Fsp3) is 0.429. The number of hydrogen-bond donors (Lipinski definition) is 3. The molecular weight excluding hydrogens is 280 g/mol. The van der Waals surface area contributed by atoms with Crippen LogP contribution in [0, 0.1) is 6.92 Å². The van der Waals surface area contributed by atoms with E-state index < -0.39 is 17.5 Å². The summed E-state index contributed by atoms with van der Waals surface area (Å²) in [6.07, 6.45) is 2.54. The Hall–Kier alpha value is -1.75. The van der Waals surface area contributed by atoms with Gasteiger partial charge in [-0.3, -0.25) is 0 Å². The summed E-state index contributed by atoms with van der Waals surface area (Å²) in [4.78, 5) is 23.3. The van der Waals surface area contributed by atoms with Crippen LogP contribution in [0.1, 0.15) is 31.2 Å². The van der Waals surface area contributed by atoms with Crippen LogP contribution >= 0.6 is 11.6 Å². The van der Waals surface area contributed by atoms with Gasteiger partial charge in [0.05, 0.1) is 0 Å². The Balaban J connectivity index is 2.04. The Kier molecular flexibility index (Phi) is 4.18. The van der Waals surface area contributed by atoms with Crippen LogP contribution in [0.15, 0.2) is 18.2 Å². The third-order valence-corrected chi connectivity index (χ3v) is 4.06. The summed E-state index contributed by atoms with van der Waals surface area (Å²) in [6.45, 7) is 1.87. The molecule has 0 spiro atoms. The summed E-state index contributed by atoms with van der Waals surface area (Å²) < 4.78 is 0. The second kappa shape index (κ2) is 5.71. The van der Waals surface area contributed by atoms with Gasteiger partial charge in [0.15, 0.2) is 0 Å². The Morgan fingerprint density at radius 1 is 1.30 bits per heavy atom. The molecule has 3 N–H and O–H groups in total. The minimum Gasteiger partial charge on any atom is -0.480 e. The number of aryl methyl sites for hydroxylation is 1. The number of aliphatic carboxylic acids is 1. The van der Waals surface area contributed by atoms with Crippen LogP contribution in [0.2, 0.25) is 5.02 Å². The number of halogens is 1. The quantitative estimate of drug-likeness (QED) is 0.801. The summed E-state index contributed by atoms with van der Waals surface area (Å²) in [5, 5.41) is 15.0. The van der Waals surface area contributed by atoms with Crippen molar-refractivity contribution in [2.75, 3.05) is 5.32 Å². The van der Waals surface area contributed by atoms with Gasteiger partial charge in [-0.05, 0) is 37.5 Å². The lowest BCUT2D eigenvalue weighted by Gasteiger charge is -2.25. The van der Waals surface area contributed by atoms with Gasteiger partial charge in [0.25, 0.3) is 0 Å². The minimum absolute atomic E-state index is 0.463. The largest absolute Gasteiger partial charge is 0.480 e. The number of rotatable bonds is 3. The summed E-state index contributed by atoms with van der Waals surface area (Å²) >= 11 is 5.98. The highest BCUT2D eigenvalue weighted by molar-refractivity contribution is 6.31. The van der Waals surface area contributed by atoms with E-state index in [-0.39, 0.29) is 0 Å². The SMILES string of the molecule is Cc1ccc(NC(=O)NC2(C(=O)O)CCCC2)cc1Cl. The van der Waals surface area contributed by atoms with Gasteiger partial charge in [-0.1, -0.05) is 30.5 Å². The molecule has 2 rings (SSSR count). The maximum Gasteiger partial charge on any atom is 0.329 e. The average Bonchev–Trinajstić information content (AvgIpc) is 2.83. The van der Waals surface area contributed by atoms with Crippen molar-refractivity contribution in [3.8, 4) is 0 Å².